The lowest BCUT2D eigenvalue weighted by Gasteiger charge is -2.17. The molecule has 0 fully saturated rings. The van der Waals surface area contributed by atoms with Crippen LogP contribution < -0.4 is 19.5 Å². The second-order valence-electron chi connectivity index (χ2n) is 5.30. The molecule has 0 heterocycles. The zero-order valence-corrected chi connectivity index (χ0v) is 15.4. The van der Waals surface area contributed by atoms with Crippen LogP contribution in [-0.4, -0.2) is 21.3 Å². The molecular formula is C18H22ClF2NO3. The number of methoxy groups -OCH3 is 3. The smallest absolute Gasteiger partial charge is 0.203 e. The molecule has 0 aliphatic heterocycles. The molecule has 0 spiro atoms. The summed E-state index contributed by atoms with van der Waals surface area (Å²) >= 11 is 0. The van der Waals surface area contributed by atoms with Crippen molar-refractivity contribution in [3.05, 3.63) is 53.1 Å². The predicted octanol–water partition coefficient (Wildman–Crippen LogP) is 4.26. The Balaban J connectivity index is 0.00000312. The van der Waals surface area contributed by atoms with Gasteiger partial charge in [0.05, 0.1) is 21.3 Å². The average molecular weight is 374 g/mol. The molecule has 7 heteroatoms. The third kappa shape index (κ3) is 4.96. The van der Waals surface area contributed by atoms with Gasteiger partial charge in [-0.3, -0.25) is 0 Å². The van der Waals surface area contributed by atoms with Gasteiger partial charge in [0.25, 0.3) is 0 Å². The Hall–Kier alpha value is -2.05. The molecule has 1 unspecified atom stereocenters. The van der Waals surface area contributed by atoms with Crippen molar-refractivity contribution in [3.8, 4) is 17.2 Å². The van der Waals surface area contributed by atoms with E-state index in [4.69, 9.17) is 14.2 Å². The zero-order chi connectivity index (χ0) is 17.7. The van der Waals surface area contributed by atoms with Crippen LogP contribution in [0.1, 0.15) is 24.1 Å². The summed E-state index contributed by atoms with van der Waals surface area (Å²) in [6.45, 7) is 2.27. The number of ether oxygens (including phenoxy) is 3. The highest BCUT2D eigenvalue weighted by molar-refractivity contribution is 5.85. The van der Waals surface area contributed by atoms with Gasteiger partial charge in [-0.2, -0.15) is 0 Å². The molecule has 1 atom stereocenters. The van der Waals surface area contributed by atoms with E-state index in [2.05, 4.69) is 5.32 Å². The fourth-order valence-electron chi connectivity index (χ4n) is 2.47. The molecule has 0 aliphatic carbocycles. The van der Waals surface area contributed by atoms with E-state index in [1.165, 1.54) is 19.2 Å². The molecule has 0 aromatic heterocycles. The van der Waals surface area contributed by atoms with E-state index in [9.17, 15) is 8.78 Å². The Morgan fingerprint density at radius 2 is 1.56 bits per heavy atom. The SMILES string of the molecule is COc1cc(CNC(C)c2ccc(F)cc2F)cc(OC)c1OC.Cl. The second-order valence-corrected chi connectivity index (χ2v) is 5.30. The molecular weight excluding hydrogens is 352 g/mol. The fourth-order valence-corrected chi connectivity index (χ4v) is 2.47. The molecule has 0 radical (unpaired) electrons. The van der Waals surface area contributed by atoms with Crippen molar-refractivity contribution >= 4 is 12.4 Å². The second kappa shape index (κ2) is 9.44. The highest BCUT2D eigenvalue weighted by atomic mass is 35.5. The minimum absolute atomic E-state index is 0. The minimum atomic E-state index is -0.590. The van der Waals surface area contributed by atoms with Crippen LogP contribution in [0.2, 0.25) is 0 Å². The first kappa shape index (κ1) is 21.0. The lowest BCUT2D eigenvalue weighted by atomic mass is 10.1. The van der Waals surface area contributed by atoms with E-state index in [1.807, 2.05) is 19.1 Å². The maximum absolute atomic E-state index is 13.8. The van der Waals surface area contributed by atoms with Crippen molar-refractivity contribution in [1.82, 2.24) is 5.32 Å². The van der Waals surface area contributed by atoms with Gasteiger partial charge < -0.3 is 19.5 Å². The summed E-state index contributed by atoms with van der Waals surface area (Å²) in [6.07, 6.45) is 0. The molecule has 0 aliphatic rings. The average Bonchev–Trinajstić information content (AvgIpc) is 2.58. The summed E-state index contributed by atoms with van der Waals surface area (Å²) < 4.78 is 42.7. The van der Waals surface area contributed by atoms with E-state index < -0.39 is 11.6 Å². The number of rotatable bonds is 7. The van der Waals surface area contributed by atoms with Crippen LogP contribution in [0, 0.1) is 11.6 Å². The summed E-state index contributed by atoms with van der Waals surface area (Å²) in [6, 6.07) is 6.93. The van der Waals surface area contributed by atoms with Crippen molar-refractivity contribution in [3.63, 3.8) is 0 Å². The molecule has 0 saturated carbocycles. The van der Waals surface area contributed by atoms with Gasteiger partial charge in [-0.05, 0) is 30.7 Å². The Labute approximate surface area is 152 Å². The van der Waals surface area contributed by atoms with Crippen LogP contribution in [0.15, 0.2) is 30.3 Å². The monoisotopic (exact) mass is 373 g/mol. The van der Waals surface area contributed by atoms with Crippen molar-refractivity contribution in [2.24, 2.45) is 0 Å². The maximum atomic E-state index is 13.8. The molecule has 138 valence electrons. The van der Waals surface area contributed by atoms with Crippen molar-refractivity contribution < 1.29 is 23.0 Å². The lowest BCUT2D eigenvalue weighted by Crippen LogP contribution is -2.19. The third-order valence-electron chi connectivity index (χ3n) is 3.77. The van der Waals surface area contributed by atoms with Crippen LogP contribution in [0.5, 0.6) is 17.2 Å². The fraction of sp³-hybridized carbons (Fsp3) is 0.333. The highest BCUT2D eigenvalue weighted by Gasteiger charge is 2.15. The molecule has 0 saturated heterocycles. The predicted molar refractivity (Wildman–Crippen MR) is 95.0 cm³/mol. The summed E-state index contributed by atoms with van der Waals surface area (Å²) in [7, 11) is 4.63. The molecule has 2 aromatic carbocycles. The van der Waals surface area contributed by atoms with Crippen LogP contribution in [0.4, 0.5) is 8.78 Å². The maximum Gasteiger partial charge on any atom is 0.203 e. The highest BCUT2D eigenvalue weighted by Crippen LogP contribution is 2.38. The van der Waals surface area contributed by atoms with Crippen LogP contribution >= 0.6 is 12.4 Å². The van der Waals surface area contributed by atoms with Crippen LogP contribution in [0.25, 0.3) is 0 Å². The van der Waals surface area contributed by atoms with Gasteiger partial charge in [-0.1, -0.05) is 6.07 Å². The van der Waals surface area contributed by atoms with Crippen LogP contribution in [0.3, 0.4) is 0 Å². The van der Waals surface area contributed by atoms with Gasteiger partial charge in [0.15, 0.2) is 11.5 Å². The third-order valence-corrected chi connectivity index (χ3v) is 3.77. The largest absolute Gasteiger partial charge is 0.493 e. The molecule has 1 N–H and O–H groups in total. The zero-order valence-electron chi connectivity index (χ0n) is 14.6. The molecule has 25 heavy (non-hydrogen) atoms. The first-order chi connectivity index (χ1) is 11.5. The number of nitrogens with one attached hydrogen (secondary N) is 1. The molecule has 2 rings (SSSR count). The van der Waals surface area contributed by atoms with Gasteiger partial charge in [-0.15, -0.1) is 12.4 Å². The first-order valence-electron chi connectivity index (χ1n) is 7.47. The van der Waals surface area contributed by atoms with E-state index in [0.29, 0.717) is 29.4 Å². The minimum Gasteiger partial charge on any atom is -0.493 e. The molecule has 0 bridgehead atoms. The summed E-state index contributed by atoms with van der Waals surface area (Å²) in [5.41, 5.74) is 1.29. The summed E-state index contributed by atoms with van der Waals surface area (Å²) in [4.78, 5) is 0. The Kier molecular flexibility index (Phi) is 7.93. The Bertz CT molecular complexity index is 688. The van der Waals surface area contributed by atoms with Crippen molar-refractivity contribution in [2.75, 3.05) is 21.3 Å². The van der Waals surface area contributed by atoms with E-state index in [1.54, 1.807) is 14.2 Å². The first-order valence-corrected chi connectivity index (χ1v) is 7.47. The van der Waals surface area contributed by atoms with Gasteiger partial charge in [0.1, 0.15) is 11.6 Å². The molecule has 2 aromatic rings. The van der Waals surface area contributed by atoms with Gasteiger partial charge in [-0.25, -0.2) is 8.78 Å². The normalized spacial score (nSPS) is 11.4. The Morgan fingerprint density at radius 3 is 2.04 bits per heavy atom. The standard InChI is InChI=1S/C18H21F2NO3.ClH/c1-11(14-6-5-13(19)9-15(14)20)21-10-12-7-16(22-2)18(24-4)17(8-12)23-3;/h5-9,11,21H,10H2,1-4H3;1H. The molecule has 0 amide bonds. The summed E-state index contributed by atoms with van der Waals surface area (Å²) in [5.74, 6) is 0.456. The number of benzene rings is 2. The lowest BCUT2D eigenvalue weighted by molar-refractivity contribution is 0.323. The van der Waals surface area contributed by atoms with Crippen LogP contribution in [-0.2, 0) is 6.54 Å². The quantitative estimate of drug-likeness (QED) is 0.787. The Morgan fingerprint density at radius 1 is 0.960 bits per heavy atom. The number of hydrogen-bond donors (Lipinski definition) is 1. The van der Waals surface area contributed by atoms with Crippen molar-refractivity contribution in [1.29, 1.82) is 0 Å². The van der Waals surface area contributed by atoms with Crippen molar-refractivity contribution in [2.45, 2.75) is 19.5 Å². The van der Waals surface area contributed by atoms with E-state index >= 15 is 0 Å². The number of halogens is 3. The van der Waals surface area contributed by atoms with Gasteiger partial charge in [0, 0.05) is 24.2 Å². The summed E-state index contributed by atoms with van der Waals surface area (Å²) in [5, 5.41) is 3.20. The van der Waals surface area contributed by atoms with Gasteiger partial charge >= 0.3 is 0 Å². The van der Waals surface area contributed by atoms with E-state index in [-0.39, 0.29) is 18.4 Å². The van der Waals surface area contributed by atoms with E-state index in [0.717, 1.165) is 11.6 Å². The molecule has 4 nitrogen and oxygen atoms in total. The topological polar surface area (TPSA) is 39.7 Å². The number of hydrogen-bond acceptors (Lipinski definition) is 4. The van der Waals surface area contributed by atoms with Gasteiger partial charge in [0.2, 0.25) is 5.75 Å².